The van der Waals surface area contributed by atoms with E-state index in [1.165, 1.54) is 5.56 Å². The first-order valence-electron chi connectivity index (χ1n) is 10.0. The van der Waals surface area contributed by atoms with Crippen molar-refractivity contribution in [2.24, 2.45) is 0 Å². The fourth-order valence-electron chi connectivity index (χ4n) is 3.74. The van der Waals surface area contributed by atoms with Crippen LogP contribution in [0.2, 0.25) is 0 Å². The highest BCUT2D eigenvalue weighted by atomic mass is 16.3. The van der Waals surface area contributed by atoms with E-state index >= 15 is 0 Å². The van der Waals surface area contributed by atoms with Gasteiger partial charge in [-0.15, -0.1) is 5.10 Å². The predicted octanol–water partition coefficient (Wildman–Crippen LogP) is 2.67. The number of amides is 1. The van der Waals surface area contributed by atoms with Crippen molar-refractivity contribution in [1.82, 2.24) is 30.0 Å². The Morgan fingerprint density at radius 1 is 1.03 bits per heavy atom. The van der Waals surface area contributed by atoms with Gasteiger partial charge in [0.15, 0.2) is 11.6 Å². The molecular formula is C22H22N6O2. The Labute approximate surface area is 173 Å². The lowest BCUT2D eigenvalue weighted by molar-refractivity contribution is 0.0596. The van der Waals surface area contributed by atoms with Crippen LogP contribution in [0.4, 0.5) is 0 Å². The molecule has 3 heterocycles. The van der Waals surface area contributed by atoms with Crippen molar-refractivity contribution in [1.29, 1.82) is 0 Å². The van der Waals surface area contributed by atoms with E-state index in [0.717, 1.165) is 35.6 Å². The van der Waals surface area contributed by atoms with Crippen molar-refractivity contribution in [2.75, 3.05) is 26.2 Å². The van der Waals surface area contributed by atoms with Gasteiger partial charge in [-0.05, 0) is 41.6 Å². The highest BCUT2D eigenvalue weighted by molar-refractivity contribution is 5.96. The van der Waals surface area contributed by atoms with Crippen molar-refractivity contribution in [3.8, 4) is 5.69 Å². The van der Waals surface area contributed by atoms with E-state index in [4.69, 9.17) is 4.42 Å². The van der Waals surface area contributed by atoms with Gasteiger partial charge in [-0.3, -0.25) is 9.69 Å². The largest absolute Gasteiger partial charge is 0.451 e. The zero-order chi connectivity index (χ0) is 20.5. The molecule has 0 bridgehead atoms. The van der Waals surface area contributed by atoms with E-state index < -0.39 is 0 Å². The molecule has 4 aromatic rings. The number of fused-ring (bicyclic) bond motifs is 1. The predicted molar refractivity (Wildman–Crippen MR) is 111 cm³/mol. The molecule has 0 saturated carbocycles. The molecule has 1 fully saturated rings. The van der Waals surface area contributed by atoms with Crippen LogP contribution in [0.3, 0.4) is 0 Å². The van der Waals surface area contributed by atoms with Crippen molar-refractivity contribution in [2.45, 2.75) is 13.5 Å². The normalized spacial score (nSPS) is 15.0. The first-order chi connectivity index (χ1) is 14.7. The summed E-state index contributed by atoms with van der Waals surface area (Å²) >= 11 is 0. The molecule has 1 aliphatic rings. The minimum absolute atomic E-state index is 0.0599. The maximum atomic E-state index is 12.8. The molecule has 0 atom stereocenters. The maximum Gasteiger partial charge on any atom is 0.289 e. The van der Waals surface area contributed by atoms with Crippen LogP contribution in [-0.4, -0.2) is 62.1 Å². The average molecular weight is 402 g/mol. The molecular weight excluding hydrogens is 380 g/mol. The van der Waals surface area contributed by atoms with Crippen LogP contribution in [0.1, 0.15) is 21.9 Å². The molecule has 8 heteroatoms. The van der Waals surface area contributed by atoms with Crippen LogP contribution < -0.4 is 0 Å². The third-order valence-electron chi connectivity index (χ3n) is 5.47. The van der Waals surface area contributed by atoms with Crippen molar-refractivity contribution < 1.29 is 9.21 Å². The Kier molecular flexibility index (Phi) is 4.76. The van der Waals surface area contributed by atoms with Crippen molar-refractivity contribution >= 4 is 16.9 Å². The second-order valence-electron chi connectivity index (χ2n) is 7.56. The number of hydrogen-bond donors (Lipinski definition) is 0. The van der Waals surface area contributed by atoms with E-state index in [2.05, 4.69) is 27.3 Å². The molecule has 1 saturated heterocycles. The number of carbonyl (C=O) groups is 1. The summed E-state index contributed by atoms with van der Waals surface area (Å²) in [6.45, 7) is 5.48. The van der Waals surface area contributed by atoms with Gasteiger partial charge in [0.25, 0.3) is 5.91 Å². The number of aryl methyl sites for hydroxylation is 1. The third-order valence-corrected chi connectivity index (χ3v) is 5.47. The number of piperazine rings is 1. The Morgan fingerprint density at radius 2 is 1.80 bits per heavy atom. The van der Waals surface area contributed by atoms with E-state index in [9.17, 15) is 4.79 Å². The number of rotatable bonds is 4. The molecule has 2 aromatic heterocycles. The highest BCUT2D eigenvalue weighted by Crippen LogP contribution is 2.21. The summed E-state index contributed by atoms with van der Waals surface area (Å²) in [6, 6.07) is 17.6. The van der Waals surface area contributed by atoms with Gasteiger partial charge < -0.3 is 9.32 Å². The SMILES string of the molecule is Cc1ccc(-n2nnnc2CN2CCN(C(=O)c3cc4ccccc4o3)CC2)cc1. The smallest absolute Gasteiger partial charge is 0.289 e. The first-order valence-corrected chi connectivity index (χ1v) is 10.0. The lowest BCUT2D eigenvalue weighted by Gasteiger charge is -2.33. The molecule has 0 unspecified atom stereocenters. The molecule has 0 radical (unpaired) electrons. The van der Waals surface area contributed by atoms with Crippen molar-refractivity contribution in [3.05, 3.63) is 71.7 Å². The fraction of sp³-hybridized carbons (Fsp3) is 0.273. The number of furan rings is 1. The summed E-state index contributed by atoms with van der Waals surface area (Å²) in [6.07, 6.45) is 0. The van der Waals surface area contributed by atoms with Gasteiger partial charge in [-0.1, -0.05) is 35.9 Å². The standard InChI is InChI=1S/C22H22N6O2/c1-16-6-8-18(9-7-16)28-21(23-24-25-28)15-26-10-12-27(13-11-26)22(29)20-14-17-4-2-3-5-19(17)30-20/h2-9,14H,10-13,15H2,1H3. The van der Waals surface area contributed by atoms with E-state index in [1.807, 2.05) is 59.5 Å². The van der Waals surface area contributed by atoms with E-state index in [0.29, 0.717) is 25.4 Å². The lowest BCUT2D eigenvalue weighted by atomic mass is 10.2. The lowest BCUT2D eigenvalue weighted by Crippen LogP contribution is -2.48. The van der Waals surface area contributed by atoms with Crippen LogP contribution >= 0.6 is 0 Å². The Hall–Kier alpha value is -3.52. The van der Waals surface area contributed by atoms with Gasteiger partial charge in [0.05, 0.1) is 12.2 Å². The molecule has 2 aromatic carbocycles. The molecule has 152 valence electrons. The summed E-state index contributed by atoms with van der Waals surface area (Å²) in [4.78, 5) is 16.9. The number of para-hydroxylation sites is 1. The number of aromatic nitrogens is 4. The van der Waals surface area contributed by atoms with Crippen LogP contribution in [0.5, 0.6) is 0 Å². The maximum absolute atomic E-state index is 12.8. The first kappa shape index (κ1) is 18.5. The van der Waals surface area contributed by atoms with Crippen LogP contribution in [-0.2, 0) is 6.54 Å². The zero-order valence-electron chi connectivity index (χ0n) is 16.7. The molecule has 1 aliphatic heterocycles. The van der Waals surface area contributed by atoms with Crippen molar-refractivity contribution in [3.63, 3.8) is 0 Å². The van der Waals surface area contributed by atoms with E-state index in [-0.39, 0.29) is 5.91 Å². The second kappa shape index (κ2) is 7.72. The van der Waals surface area contributed by atoms with Gasteiger partial charge in [0.1, 0.15) is 5.58 Å². The minimum Gasteiger partial charge on any atom is -0.451 e. The molecule has 0 aliphatic carbocycles. The monoisotopic (exact) mass is 402 g/mol. The highest BCUT2D eigenvalue weighted by Gasteiger charge is 2.25. The summed E-state index contributed by atoms with van der Waals surface area (Å²) in [5.74, 6) is 1.12. The summed E-state index contributed by atoms with van der Waals surface area (Å²) in [7, 11) is 0. The quantitative estimate of drug-likeness (QED) is 0.522. The van der Waals surface area contributed by atoms with Crippen LogP contribution in [0.15, 0.2) is 59.0 Å². The summed E-state index contributed by atoms with van der Waals surface area (Å²) < 4.78 is 7.50. The second-order valence-corrected chi connectivity index (χ2v) is 7.56. The minimum atomic E-state index is -0.0599. The Bertz CT molecular complexity index is 1140. The Balaban J connectivity index is 1.23. The van der Waals surface area contributed by atoms with Gasteiger partial charge >= 0.3 is 0 Å². The summed E-state index contributed by atoms with van der Waals surface area (Å²) in [5.41, 5.74) is 2.88. The molecule has 8 nitrogen and oxygen atoms in total. The van der Waals surface area contributed by atoms with Gasteiger partial charge in [0.2, 0.25) is 0 Å². The fourth-order valence-corrected chi connectivity index (χ4v) is 3.74. The number of tetrazole rings is 1. The molecule has 5 rings (SSSR count). The molecule has 1 amide bonds. The van der Waals surface area contributed by atoms with Gasteiger partial charge in [0, 0.05) is 31.6 Å². The summed E-state index contributed by atoms with van der Waals surface area (Å²) in [5, 5.41) is 13.1. The third kappa shape index (κ3) is 3.57. The number of carbonyl (C=O) groups excluding carboxylic acids is 1. The Morgan fingerprint density at radius 3 is 2.57 bits per heavy atom. The molecule has 0 N–H and O–H groups in total. The molecule has 30 heavy (non-hydrogen) atoms. The van der Waals surface area contributed by atoms with Gasteiger partial charge in [-0.2, -0.15) is 4.68 Å². The number of nitrogens with zero attached hydrogens (tertiary/aromatic N) is 6. The van der Waals surface area contributed by atoms with E-state index in [1.54, 1.807) is 4.68 Å². The van der Waals surface area contributed by atoms with Crippen LogP contribution in [0, 0.1) is 6.92 Å². The topological polar surface area (TPSA) is 80.3 Å². The number of benzene rings is 2. The van der Waals surface area contributed by atoms with Gasteiger partial charge in [-0.25, -0.2) is 0 Å². The number of hydrogen-bond acceptors (Lipinski definition) is 6. The average Bonchev–Trinajstić information content (AvgIpc) is 3.41. The molecule has 0 spiro atoms. The zero-order valence-corrected chi connectivity index (χ0v) is 16.7. The van der Waals surface area contributed by atoms with Crippen LogP contribution in [0.25, 0.3) is 16.7 Å².